The molecule has 0 unspecified atom stereocenters. The number of aryl methyl sites for hydroxylation is 2. The van der Waals surface area contributed by atoms with Gasteiger partial charge in [-0.3, -0.25) is 9.78 Å². The van der Waals surface area contributed by atoms with Crippen LogP contribution in [0.2, 0.25) is 0 Å². The number of ether oxygens (including phenoxy) is 1. The zero-order valence-electron chi connectivity index (χ0n) is 12.5. The van der Waals surface area contributed by atoms with Gasteiger partial charge < -0.3 is 14.2 Å². The van der Waals surface area contributed by atoms with Crippen molar-refractivity contribution in [1.82, 2.24) is 15.1 Å². The molecule has 22 heavy (non-hydrogen) atoms. The summed E-state index contributed by atoms with van der Waals surface area (Å²) in [5, 5.41) is 3.78. The Kier molecular flexibility index (Phi) is 4.43. The maximum atomic E-state index is 12.3. The maximum absolute atomic E-state index is 12.3. The molecule has 3 rings (SSSR count). The minimum absolute atomic E-state index is 0.0157. The first-order chi connectivity index (χ1) is 10.8. The Morgan fingerprint density at radius 1 is 1.50 bits per heavy atom. The van der Waals surface area contributed by atoms with Gasteiger partial charge in [-0.1, -0.05) is 12.1 Å². The highest BCUT2D eigenvalue weighted by Gasteiger charge is 2.23. The van der Waals surface area contributed by atoms with Crippen LogP contribution < -0.4 is 4.90 Å². The fraction of sp³-hybridized carbons (Fsp3) is 0.467. The van der Waals surface area contributed by atoms with E-state index in [0.29, 0.717) is 24.7 Å². The van der Waals surface area contributed by atoms with Gasteiger partial charge in [0.2, 0.25) is 0 Å². The maximum Gasteiger partial charge on any atom is 0.253 e. The van der Waals surface area contributed by atoms with Crippen molar-refractivity contribution in [3.8, 4) is 0 Å². The number of hydrogen-bond donors (Lipinski definition) is 0. The SMILES string of the molecule is CCc1noc(COCC(=O)N2CCCc3ncccc32)n1. The van der Waals surface area contributed by atoms with E-state index in [0.717, 1.165) is 24.2 Å². The van der Waals surface area contributed by atoms with Crippen LogP contribution in [0.4, 0.5) is 5.69 Å². The summed E-state index contributed by atoms with van der Waals surface area (Å²) < 4.78 is 10.4. The first kappa shape index (κ1) is 14.6. The van der Waals surface area contributed by atoms with Crippen molar-refractivity contribution in [2.75, 3.05) is 18.1 Å². The number of carbonyl (C=O) groups excluding carboxylic acids is 1. The van der Waals surface area contributed by atoms with Gasteiger partial charge in [0.1, 0.15) is 13.2 Å². The molecule has 1 aliphatic heterocycles. The summed E-state index contributed by atoms with van der Waals surface area (Å²) in [4.78, 5) is 22.5. The third-order valence-corrected chi connectivity index (χ3v) is 3.53. The number of amides is 1. The third-order valence-electron chi connectivity index (χ3n) is 3.53. The normalized spacial score (nSPS) is 14.0. The van der Waals surface area contributed by atoms with Gasteiger partial charge in [-0.25, -0.2) is 0 Å². The molecule has 116 valence electrons. The van der Waals surface area contributed by atoms with Gasteiger partial charge in [0, 0.05) is 19.2 Å². The molecular weight excluding hydrogens is 284 g/mol. The van der Waals surface area contributed by atoms with Gasteiger partial charge in [0.25, 0.3) is 11.8 Å². The minimum atomic E-state index is -0.0795. The fourth-order valence-corrected chi connectivity index (χ4v) is 2.45. The minimum Gasteiger partial charge on any atom is -0.362 e. The van der Waals surface area contributed by atoms with E-state index < -0.39 is 0 Å². The highest BCUT2D eigenvalue weighted by molar-refractivity contribution is 5.95. The molecule has 3 heterocycles. The molecule has 0 radical (unpaired) electrons. The van der Waals surface area contributed by atoms with Gasteiger partial charge in [-0.15, -0.1) is 0 Å². The molecule has 0 bridgehead atoms. The second-order valence-electron chi connectivity index (χ2n) is 5.07. The second kappa shape index (κ2) is 6.65. The largest absolute Gasteiger partial charge is 0.362 e. The van der Waals surface area contributed by atoms with Crippen molar-refractivity contribution in [2.24, 2.45) is 0 Å². The molecule has 2 aromatic heterocycles. The van der Waals surface area contributed by atoms with Crippen LogP contribution in [0.25, 0.3) is 0 Å². The third kappa shape index (κ3) is 3.14. The summed E-state index contributed by atoms with van der Waals surface area (Å²) in [6.07, 6.45) is 4.28. The molecule has 0 spiro atoms. The number of carbonyl (C=O) groups is 1. The first-order valence-electron chi connectivity index (χ1n) is 7.41. The predicted octanol–water partition coefficient (Wildman–Crippen LogP) is 1.52. The molecular formula is C15H18N4O3. The van der Waals surface area contributed by atoms with Crippen molar-refractivity contribution in [3.63, 3.8) is 0 Å². The Labute approximate surface area is 128 Å². The predicted molar refractivity (Wildman–Crippen MR) is 78.2 cm³/mol. The Morgan fingerprint density at radius 2 is 2.41 bits per heavy atom. The van der Waals surface area contributed by atoms with E-state index in [1.165, 1.54) is 0 Å². The number of pyridine rings is 1. The van der Waals surface area contributed by atoms with Crippen LogP contribution in [0.3, 0.4) is 0 Å². The van der Waals surface area contributed by atoms with Crippen LogP contribution >= 0.6 is 0 Å². The van der Waals surface area contributed by atoms with Gasteiger partial charge in [0.05, 0.1) is 11.4 Å². The molecule has 0 saturated carbocycles. The topological polar surface area (TPSA) is 81.4 Å². The second-order valence-corrected chi connectivity index (χ2v) is 5.07. The molecule has 0 atom stereocenters. The van der Waals surface area contributed by atoms with Crippen molar-refractivity contribution < 1.29 is 14.1 Å². The van der Waals surface area contributed by atoms with Crippen LogP contribution in [-0.2, 0) is 29.0 Å². The first-order valence-corrected chi connectivity index (χ1v) is 7.41. The Hall–Kier alpha value is -2.28. The van der Waals surface area contributed by atoms with Crippen LogP contribution in [-0.4, -0.2) is 34.2 Å². The Balaban J connectivity index is 1.56. The quantitative estimate of drug-likeness (QED) is 0.833. The highest BCUT2D eigenvalue weighted by atomic mass is 16.5. The van der Waals surface area contributed by atoms with Crippen LogP contribution in [0, 0.1) is 0 Å². The molecule has 0 aromatic carbocycles. The van der Waals surface area contributed by atoms with Gasteiger partial charge in [0.15, 0.2) is 5.82 Å². The zero-order chi connectivity index (χ0) is 15.4. The summed E-state index contributed by atoms with van der Waals surface area (Å²) in [5.74, 6) is 0.954. The summed E-state index contributed by atoms with van der Waals surface area (Å²) >= 11 is 0. The van der Waals surface area contributed by atoms with E-state index in [1.807, 2.05) is 19.1 Å². The highest BCUT2D eigenvalue weighted by Crippen LogP contribution is 2.24. The number of anilines is 1. The van der Waals surface area contributed by atoms with E-state index in [-0.39, 0.29) is 19.1 Å². The van der Waals surface area contributed by atoms with Crippen LogP contribution in [0.1, 0.15) is 30.8 Å². The van der Waals surface area contributed by atoms with Crippen molar-refractivity contribution in [1.29, 1.82) is 0 Å². The van der Waals surface area contributed by atoms with Crippen LogP contribution in [0.5, 0.6) is 0 Å². The lowest BCUT2D eigenvalue weighted by molar-refractivity contribution is -0.123. The molecule has 2 aromatic rings. The number of fused-ring (bicyclic) bond motifs is 1. The number of rotatable bonds is 5. The summed E-state index contributed by atoms with van der Waals surface area (Å²) in [7, 11) is 0. The fourth-order valence-electron chi connectivity index (χ4n) is 2.45. The van der Waals surface area contributed by atoms with E-state index in [1.54, 1.807) is 11.1 Å². The van der Waals surface area contributed by atoms with E-state index >= 15 is 0 Å². The molecule has 0 fully saturated rings. The number of hydrogen-bond acceptors (Lipinski definition) is 6. The number of aromatic nitrogens is 3. The van der Waals surface area contributed by atoms with Gasteiger partial charge >= 0.3 is 0 Å². The summed E-state index contributed by atoms with van der Waals surface area (Å²) in [5.41, 5.74) is 1.85. The smallest absolute Gasteiger partial charge is 0.253 e. The Bertz CT molecular complexity index is 656. The average molecular weight is 302 g/mol. The summed E-state index contributed by atoms with van der Waals surface area (Å²) in [6, 6.07) is 3.76. The molecule has 0 aliphatic carbocycles. The Morgan fingerprint density at radius 3 is 3.23 bits per heavy atom. The van der Waals surface area contributed by atoms with E-state index in [2.05, 4.69) is 15.1 Å². The van der Waals surface area contributed by atoms with Gasteiger partial charge in [-0.2, -0.15) is 4.98 Å². The lowest BCUT2D eigenvalue weighted by Gasteiger charge is -2.28. The molecule has 1 amide bonds. The lowest BCUT2D eigenvalue weighted by Crippen LogP contribution is -2.38. The molecule has 1 aliphatic rings. The zero-order valence-corrected chi connectivity index (χ0v) is 12.5. The number of nitrogens with zero attached hydrogens (tertiary/aromatic N) is 4. The van der Waals surface area contributed by atoms with Gasteiger partial charge in [-0.05, 0) is 25.0 Å². The van der Waals surface area contributed by atoms with E-state index in [9.17, 15) is 4.79 Å². The lowest BCUT2D eigenvalue weighted by atomic mass is 10.1. The monoisotopic (exact) mass is 302 g/mol. The molecule has 0 N–H and O–H groups in total. The average Bonchev–Trinajstić information content (AvgIpc) is 3.02. The molecule has 7 heteroatoms. The molecule has 7 nitrogen and oxygen atoms in total. The molecule has 0 saturated heterocycles. The van der Waals surface area contributed by atoms with E-state index in [4.69, 9.17) is 9.26 Å². The van der Waals surface area contributed by atoms with Crippen molar-refractivity contribution in [2.45, 2.75) is 32.8 Å². The summed E-state index contributed by atoms with van der Waals surface area (Å²) in [6.45, 7) is 2.77. The van der Waals surface area contributed by atoms with Crippen molar-refractivity contribution >= 4 is 11.6 Å². The standard InChI is InChI=1S/C15H18N4O3/c1-2-13-17-14(22-18-13)9-21-10-15(20)19-8-4-5-11-12(19)6-3-7-16-11/h3,6-7H,2,4-5,8-10H2,1H3. The van der Waals surface area contributed by atoms with Crippen molar-refractivity contribution in [3.05, 3.63) is 35.7 Å². The van der Waals surface area contributed by atoms with Crippen LogP contribution in [0.15, 0.2) is 22.9 Å².